The number of fused-ring (bicyclic) bond motifs is 1. The molecule has 1 unspecified atom stereocenters. The molecule has 1 aliphatic carbocycles. The molecule has 1 aromatic heterocycles. The van der Waals surface area contributed by atoms with Crippen molar-refractivity contribution in [3.05, 3.63) is 11.6 Å². The molecule has 3 rings (SSSR count). The molecule has 1 amide bonds. The Morgan fingerprint density at radius 1 is 1.31 bits per heavy atom. The number of aromatic nitrogens is 3. The first-order valence-corrected chi connectivity index (χ1v) is 8.86. The number of guanidine groups is 1. The second-order valence-electron chi connectivity index (χ2n) is 6.50. The molecule has 10 heteroatoms. The van der Waals surface area contributed by atoms with E-state index in [1.807, 2.05) is 4.68 Å². The summed E-state index contributed by atoms with van der Waals surface area (Å²) in [5.41, 5.74) is 0. The Labute approximate surface area is 170 Å². The van der Waals surface area contributed by atoms with Crippen molar-refractivity contribution >= 4 is 35.8 Å². The maximum Gasteiger partial charge on any atom is 0.223 e. The fourth-order valence-corrected chi connectivity index (χ4v) is 2.91. The molecule has 0 spiro atoms. The zero-order chi connectivity index (χ0) is 17.6. The Balaban J connectivity index is 0.00000243. The molecule has 1 fully saturated rings. The van der Waals surface area contributed by atoms with Crippen molar-refractivity contribution in [1.29, 1.82) is 0 Å². The van der Waals surface area contributed by atoms with E-state index in [1.165, 1.54) is 0 Å². The molecule has 2 heterocycles. The second-order valence-corrected chi connectivity index (χ2v) is 6.50. The monoisotopic (exact) mass is 477 g/mol. The van der Waals surface area contributed by atoms with Crippen LogP contribution in [0.4, 0.5) is 0 Å². The van der Waals surface area contributed by atoms with Crippen LogP contribution in [0.2, 0.25) is 0 Å². The van der Waals surface area contributed by atoms with E-state index in [4.69, 9.17) is 4.74 Å². The number of hydrogen-bond donors (Lipinski definition) is 3. The van der Waals surface area contributed by atoms with Crippen LogP contribution in [-0.2, 0) is 29.1 Å². The lowest BCUT2D eigenvalue weighted by atomic mass is 10.1. The average Bonchev–Trinajstić information content (AvgIpc) is 3.38. The van der Waals surface area contributed by atoms with E-state index in [0.717, 1.165) is 49.8 Å². The predicted molar refractivity (Wildman–Crippen MR) is 108 cm³/mol. The second kappa shape index (κ2) is 10.0. The van der Waals surface area contributed by atoms with Crippen molar-refractivity contribution in [1.82, 2.24) is 30.7 Å². The standard InChI is InChI=1S/C16H27N7O2.HI/c1-17-16(19-8-7-18-15(24)11-3-4-11)20-12-5-6-14-21-13(10-25-2)22-23(14)9-12;/h11-12H,3-10H2,1-2H3,(H,18,24)(H2,17,19,20);1H. The average molecular weight is 477 g/mol. The highest BCUT2D eigenvalue weighted by Crippen LogP contribution is 2.28. The van der Waals surface area contributed by atoms with E-state index in [0.29, 0.717) is 19.7 Å². The van der Waals surface area contributed by atoms with E-state index in [9.17, 15) is 4.79 Å². The molecule has 146 valence electrons. The molecule has 0 aromatic carbocycles. The highest BCUT2D eigenvalue weighted by Gasteiger charge is 2.29. The Morgan fingerprint density at radius 3 is 2.77 bits per heavy atom. The van der Waals surface area contributed by atoms with E-state index in [2.05, 4.69) is 31.0 Å². The summed E-state index contributed by atoms with van der Waals surface area (Å²) in [5, 5.41) is 14.1. The van der Waals surface area contributed by atoms with Gasteiger partial charge in [-0.3, -0.25) is 9.79 Å². The van der Waals surface area contributed by atoms with E-state index in [1.54, 1.807) is 14.2 Å². The third-order valence-corrected chi connectivity index (χ3v) is 4.40. The van der Waals surface area contributed by atoms with Crippen LogP contribution in [0.3, 0.4) is 0 Å². The molecule has 1 saturated carbocycles. The van der Waals surface area contributed by atoms with Gasteiger partial charge in [-0.25, -0.2) is 9.67 Å². The minimum absolute atomic E-state index is 0. The summed E-state index contributed by atoms with van der Waals surface area (Å²) in [4.78, 5) is 20.3. The lowest BCUT2D eigenvalue weighted by Crippen LogP contribution is -2.48. The topological polar surface area (TPSA) is 105 Å². The van der Waals surface area contributed by atoms with Gasteiger partial charge in [-0.05, 0) is 19.3 Å². The third-order valence-electron chi connectivity index (χ3n) is 4.40. The number of carbonyl (C=O) groups excluding carboxylic acids is 1. The fraction of sp³-hybridized carbons (Fsp3) is 0.750. The summed E-state index contributed by atoms with van der Waals surface area (Å²) in [6.45, 7) is 2.45. The zero-order valence-electron chi connectivity index (χ0n) is 15.3. The molecule has 1 aliphatic heterocycles. The summed E-state index contributed by atoms with van der Waals surface area (Å²) >= 11 is 0. The Kier molecular flexibility index (Phi) is 8.07. The van der Waals surface area contributed by atoms with Crippen molar-refractivity contribution < 1.29 is 9.53 Å². The van der Waals surface area contributed by atoms with Crippen LogP contribution in [0.25, 0.3) is 0 Å². The van der Waals surface area contributed by atoms with Gasteiger partial charge in [0.2, 0.25) is 5.91 Å². The van der Waals surface area contributed by atoms with Crippen molar-refractivity contribution in [3.63, 3.8) is 0 Å². The number of methoxy groups -OCH3 is 1. The van der Waals surface area contributed by atoms with Gasteiger partial charge in [0.05, 0.1) is 6.54 Å². The molecule has 1 aromatic rings. The number of carbonyl (C=O) groups is 1. The van der Waals surface area contributed by atoms with Gasteiger partial charge in [0, 0.05) is 45.6 Å². The molecule has 9 nitrogen and oxygen atoms in total. The molecule has 0 bridgehead atoms. The van der Waals surface area contributed by atoms with Gasteiger partial charge in [0.1, 0.15) is 12.4 Å². The lowest BCUT2D eigenvalue weighted by molar-refractivity contribution is -0.122. The lowest BCUT2D eigenvalue weighted by Gasteiger charge is -2.25. The summed E-state index contributed by atoms with van der Waals surface area (Å²) in [5.74, 6) is 2.90. The van der Waals surface area contributed by atoms with Crippen molar-refractivity contribution in [2.45, 2.75) is 44.9 Å². The van der Waals surface area contributed by atoms with Crippen molar-refractivity contribution in [2.75, 3.05) is 27.2 Å². The van der Waals surface area contributed by atoms with Crippen LogP contribution in [0.1, 0.15) is 30.9 Å². The summed E-state index contributed by atoms with van der Waals surface area (Å²) < 4.78 is 7.03. The van der Waals surface area contributed by atoms with Crippen LogP contribution >= 0.6 is 24.0 Å². The van der Waals surface area contributed by atoms with Crippen LogP contribution in [-0.4, -0.2) is 59.9 Å². The van der Waals surface area contributed by atoms with Gasteiger partial charge in [-0.1, -0.05) is 0 Å². The molecular weight excluding hydrogens is 449 g/mol. The van der Waals surface area contributed by atoms with E-state index < -0.39 is 0 Å². The van der Waals surface area contributed by atoms with Crippen LogP contribution in [0.5, 0.6) is 0 Å². The predicted octanol–water partition coefficient (Wildman–Crippen LogP) is 0.0485. The number of ether oxygens (including phenoxy) is 1. The summed E-state index contributed by atoms with van der Waals surface area (Å²) in [7, 11) is 3.39. The fourth-order valence-electron chi connectivity index (χ4n) is 2.91. The number of amides is 1. The van der Waals surface area contributed by atoms with Crippen LogP contribution in [0.15, 0.2) is 4.99 Å². The van der Waals surface area contributed by atoms with Gasteiger partial charge < -0.3 is 20.7 Å². The number of nitrogens with zero attached hydrogens (tertiary/aromatic N) is 4. The first kappa shape index (κ1) is 20.9. The SMILES string of the molecule is CN=C(NCCNC(=O)C1CC1)NC1CCc2nc(COC)nn2C1.I. The quantitative estimate of drug-likeness (QED) is 0.222. The Morgan fingerprint density at radius 2 is 2.08 bits per heavy atom. The molecule has 3 N–H and O–H groups in total. The number of nitrogens with one attached hydrogen (secondary N) is 3. The number of halogens is 1. The largest absolute Gasteiger partial charge is 0.377 e. The van der Waals surface area contributed by atoms with Crippen molar-refractivity contribution in [2.24, 2.45) is 10.9 Å². The Hall–Kier alpha value is -1.43. The first-order valence-electron chi connectivity index (χ1n) is 8.86. The highest BCUT2D eigenvalue weighted by atomic mass is 127. The third kappa shape index (κ3) is 5.79. The molecular formula is C16H28IN7O2. The highest BCUT2D eigenvalue weighted by molar-refractivity contribution is 14.0. The van der Waals surface area contributed by atoms with Gasteiger partial charge in [-0.15, -0.1) is 24.0 Å². The number of hydrogen-bond acceptors (Lipinski definition) is 5. The molecule has 2 aliphatic rings. The summed E-state index contributed by atoms with van der Waals surface area (Å²) in [6.07, 6.45) is 3.91. The number of aryl methyl sites for hydroxylation is 1. The summed E-state index contributed by atoms with van der Waals surface area (Å²) in [6, 6.07) is 0.247. The molecule has 0 radical (unpaired) electrons. The maximum absolute atomic E-state index is 11.6. The van der Waals surface area contributed by atoms with Gasteiger partial charge in [0.25, 0.3) is 0 Å². The zero-order valence-corrected chi connectivity index (χ0v) is 17.7. The van der Waals surface area contributed by atoms with Crippen molar-refractivity contribution in [3.8, 4) is 0 Å². The smallest absolute Gasteiger partial charge is 0.223 e. The van der Waals surface area contributed by atoms with E-state index in [-0.39, 0.29) is 41.8 Å². The van der Waals surface area contributed by atoms with Gasteiger partial charge in [-0.2, -0.15) is 5.10 Å². The van der Waals surface area contributed by atoms with Gasteiger partial charge in [0.15, 0.2) is 11.8 Å². The van der Waals surface area contributed by atoms with Crippen LogP contribution < -0.4 is 16.0 Å². The number of rotatable bonds is 7. The molecule has 1 atom stereocenters. The first-order chi connectivity index (χ1) is 12.2. The normalized spacial score (nSPS) is 19.3. The van der Waals surface area contributed by atoms with E-state index >= 15 is 0 Å². The van der Waals surface area contributed by atoms with Crippen LogP contribution in [0, 0.1) is 5.92 Å². The van der Waals surface area contributed by atoms with Gasteiger partial charge >= 0.3 is 0 Å². The maximum atomic E-state index is 11.6. The number of aliphatic imine (C=N–C) groups is 1. The minimum Gasteiger partial charge on any atom is -0.377 e. The Bertz CT molecular complexity index is 630. The minimum atomic E-state index is 0. The molecule has 26 heavy (non-hydrogen) atoms. The molecule has 0 saturated heterocycles.